The monoisotopic (exact) mass is 415 g/mol. The number of fused-ring (bicyclic) bond motifs is 2. The van der Waals surface area contributed by atoms with E-state index < -0.39 is 16.2 Å². The van der Waals surface area contributed by atoms with Crippen LogP contribution in [-0.2, 0) is 35.9 Å². The second-order valence-corrected chi connectivity index (χ2v) is 9.68. The van der Waals surface area contributed by atoms with Gasteiger partial charge in [0.25, 0.3) is 0 Å². The van der Waals surface area contributed by atoms with Gasteiger partial charge in [0.15, 0.2) is 0 Å². The van der Waals surface area contributed by atoms with Gasteiger partial charge in [0.1, 0.15) is 0 Å². The molecule has 3 aliphatic rings. The summed E-state index contributed by atoms with van der Waals surface area (Å²) in [6.45, 7) is 0. The number of nitrogens with one attached hydrogen (secondary N) is 3. The Bertz CT molecular complexity index is 1010. The highest BCUT2D eigenvalue weighted by atomic mass is 32.2. The maximum atomic E-state index is 13.0. The molecule has 0 spiro atoms. The van der Waals surface area contributed by atoms with Gasteiger partial charge in [-0.1, -0.05) is 6.07 Å². The molecule has 0 atom stereocenters. The lowest BCUT2D eigenvalue weighted by Crippen LogP contribution is -2.51. The van der Waals surface area contributed by atoms with Crippen LogP contribution in [0.4, 0.5) is 16.2 Å². The molecule has 5 rings (SSSR count). The molecule has 29 heavy (non-hydrogen) atoms. The topological polar surface area (TPSA) is 107 Å². The molecular formula is C20H25N5O3S. The number of urea groups is 1. The highest BCUT2D eigenvalue weighted by Gasteiger charge is 2.36. The van der Waals surface area contributed by atoms with Gasteiger partial charge in [0, 0.05) is 17.9 Å². The zero-order valence-corrected chi connectivity index (χ0v) is 17.0. The first kappa shape index (κ1) is 18.5. The summed E-state index contributed by atoms with van der Waals surface area (Å²) in [5, 5.41) is 9.41. The van der Waals surface area contributed by atoms with Gasteiger partial charge in [-0.25, -0.2) is 13.8 Å². The van der Waals surface area contributed by atoms with Gasteiger partial charge in [0.2, 0.25) is 0 Å². The van der Waals surface area contributed by atoms with Crippen molar-refractivity contribution in [2.24, 2.45) is 0 Å². The molecule has 8 nitrogen and oxygen atoms in total. The predicted molar refractivity (Wildman–Crippen MR) is 110 cm³/mol. The van der Waals surface area contributed by atoms with Gasteiger partial charge < -0.3 is 5.32 Å². The van der Waals surface area contributed by atoms with E-state index in [-0.39, 0.29) is 6.04 Å². The summed E-state index contributed by atoms with van der Waals surface area (Å²) in [5.74, 6) is 0. The minimum Gasteiger partial charge on any atom is -0.307 e. The molecule has 2 aromatic rings. The Morgan fingerprint density at radius 3 is 2.31 bits per heavy atom. The third-order valence-corrected chi connectivity index (χ3v) is 7.81. The molecule has 1 saturated carbocycles. The quantitative estimate of drug-likeness (QED) is 0.698. The van der Waals surface area contributed by atoms with E-state index in [4.69, 9.17) is 0 Å². The van der Waals surface area contributed by atoms with E-state index in [1.807, 2.05) is 0 Å². The molecule has 1 aromatic carbocycles. The van der Waals surface area contributed by atoms with Gasteiger partial charge >= 0.3 is 16.2 Å². The second kappa shape index (κ2) is 7.05. The minimum atomic E-state index is -4.04. The molecular weight excluding hydrogens is 390 g/mol. The third kappa shape index (κ3) is 3.27. The number of anilines is 2. The largest absolute Gasteiger partial charge is 0.334 e. The van der Waals surface area contributed by atoms with E-state index in [2.05, 4.69) is 26.3 Å². The Morgan fingerprint density at radius 2 is 1.76 bits per heavy atom. The maximum absolute atomic E-state index is 13.0. The van der Waals surface area contributed by atoms with Crippen LogP contribution < -0.4 is 14.3 Å². The minimum absolute atomic E-state index is 0.150. The number of carbonyl (C=O) groups is 1. The number of hydrogen-bond acceptors (Lipinski definition) is 4. The van der Waals surface area contributed by atoms with Crippen molar-refractivity contribution >= 4 is 27.6 Å². The lowest BCUT2D eigenvalue weighted by atomic mass is 9.93. The Morgan fingerprint density at radius 1 is 1.07 bits per heavy atom. The van der Waals surface area contributed by atoms with Crippen LogP contribution in [-0.4, -0.2) is 30.7 Å². The Kier molecular flexibility index (Phi) is 4.49. The van der Waals surface area contributed by atoms with Crippen LogP contribution in [0, 0.1) is 0 Å². The van der Waals surface area contributed by atoms with E-state index in [1.54, 1.807) is 0 Å². The van der Waals surface area contributed by atoms with E-state index in [9.17, 15) is 13.2 Å². The van der Waals surface area contributed by atoms with Crippen molar-refractivity contribution in [3.05, 3.63) is 40.7 Å². The molecule has 3 N–H and O–H groups in total. The number of nitrogens with zero attached hydrogens (tertiary/aromatic N) is 2. The van der Waals surface area contributed by atoms with Crippen LogP contribution in [0.1, 0.15) is 54.4 Å². The normalized spacial score (nSPS) is 18.1. The van der Waals surface area contributed by atoms with Gasteiger partial charge in [-0.3, -0.25) is 5.10 Å². The number of rotatable bonds is 5. The SMILES string of the molecule is O=C(Nc1c2c(cc3c1CCC3)CCC2)NS(=O)(=O)N(c1cn[nH]c1)C1CCC1. The van der Waals surface area contributed by atoms with Crippen molar-refractivity contribution in [2.75, 3.05) is 9.62 Å². The molecule has 0 bridgehead atoms. The molecule has 9 heteroatoms. The average molecular weight is 416 g/mol. The van der Waals surface area contributed by atoms with Crippen molar-refractivity contribution in [3.8, 4) is 0 Å². The van der Waals surface area contributed by atoms with Crippen molar-refractivity contribution in [2.45, 2.75) is 63.8 Å². The Balaban J connectivity index is 1.40. The zero-order valence-electron chi connectivity index (χ0n) is 16.2. The van der Waals surface area contributed by atoms with Crippen molar-refractivity contribution in [1.29, 1.82) is 0 Å². The number of aromatic nitrogens is 2. The van der Waals surface area contributed by atoms with Gasteiger partial charge in [-0.2, -0.15) is 13.5 Å². The van der Waals surface area contributed by atoms with Crippen LogP contribution in [0.3, 0.4) is 0 Å². The fraction of sp³-hybridized carbons (Fsp3) is 0.500. The first-order valence-electron chi connectivity index (χ1n) is 10.3. The van der Waals surface area contributed by atoms with E-state index >= 15 is 0 Å². The summed E-state index contributed by atoms with van der Waals surface area (Å²) < 4.78 is 29.6. The standard InChI is InChI=1S/C20H25N5O3S/c26-20(23-19-17-8-1-4-13(17)10-14-5-2-9-18(14)19)24-29(27,28)25(15-6-3-7-15)16-11-21-22-12-16/h10-12,15H,1-9H2,(H,21,22)(H2,23,24,26). The molecule has 1 aromatic heterocycles. The lowest BCUT2D eigenvalue weighted by Gasteiger charge is -2.36. The smallest absolute Gasteiger partial charge is 0.307 e. The molecule has 1 heterocycles. The molecule has 0 aliphatic heterocycles. The Hall–Kier alpha value is -2.55. The summed E-state index contributed by atoms with van der Waals surface area (Å²) in [5.41, 5.74) is 6.19. The maximum Gasteiger partial charge on any atom is 0.334 e. The second-order valence-electron chi connectivity index (χ2n) is 8.13. The first-order valence-corrected chi connectivity index (χ1v) is 11.8. The summed E-state index contributed by atoms with van der Waals surface area (Å²) in [4.78, 5) is 12.8. The molecule has 1 fully saturated rings. The zero-order chi connectivity index (χ0) is 20.0. The predicted octanol–water partition coefficient (Wildman–Crippen LogP) is 2.81. The van der Waals surface area contributed by atoms with Crippen LogP contribution >= 0.6 is 0 Å². The van der Waals surface area contributed by atoms with Gasteiger partial charge in [-0.15, -0.1) is 0 Å². The van der Waals surface area contributed by atoms with Gasteiger partial charge in [0.05, 0.1) is 11.9 Å². The highest BCUT2D eigenvalue weighted by Crippen LogP contribution is 2.38. The van der Waals surface area contributed by atoms with Gasteiger partial charge in [-0.05, 0) is 80.0 Å². The number of benzene rings is 1. The number of aromatic amines is 1. The molecule has 0 saturated heterocycles. The Labute approximate surface area is 170 Å². The lowest BCUT2D eigenvalue weighted by molar-refractivity contribution is 0.256. The number of H-pyrrole nitrogens is 1. The highest BCUT2D eigenvalue weighted by molar-refractivity contribution is 7.91. The molecule has 154 valence electrons. The number of carbonyl (C=O) groups excluding carboxylic acids is 1. The molecule has 2 amide bonds. The molecule has 0 radical (unpaired) electrons. The van der Waals surface area contributed by atoms with E-state index in [0.29, 0.717) is 5.69 Å². The summed E-state index contributed by atoms with van der Waals surface area (Å²) >= 11 is 0. The molecule has 3 aliphatic carbocycles. The van der Waals surface area contributed by atoms with Crippen LogP contribution in [0.15, 0.2) is 18.5 Å². The van der Waals surface area contributed by atoms with Crippen molar-refractivity contribution in [3.63, 3.8) is 0 Å². The first-order chi connectivity index (χ1) is 14.0. The van der Waals surface area contributed by atoms with Crippen LogP contribution in [0.25, 0.3) is 0 Å². The molecule has 0 unspecified atom stereocenters. The van der Waals surface area contributed by atoms with Crippen LogP contribution in [0.5, 0.6) is 0 Å². The number of amides is 2. The average Bonchev–Trinajstić information content (AvgIpc) is 3.37. The van der Waals surface area contributed by atoms with Crippen molar-refractivity contribution < 1.29 is 13.2 Å². The van der Waals surface area contributed by atoms with E-state index in [0.717, 1.165) is 63.5 Å². The summed E-state index contributed by atoms with van der Waals surface area (Å²) in [6.07, 6.45) is 11.6. The van der Waals surface area contributed by atoms with E-state index in [1.165, 1.54) is 39.0 Å². The summed E-state index contributed by atoms with van der Waals surface area (Å²) in [7, 11) is -4.04. The summed E-state index contributed by atoms with van der Waals surface area (Å²) in [6, 6.07) is 1.43. The third-order valence-electron chi connectivity index (χ3n) is 6.34. The number of hydrogen-bond donors (Lipinski definition) is 3. The van der Waals surface area contributed by atoms with Crippen molar-refractivity contribution in [1.82, 2.24) is 14.9 Å². The fourth-order valence-corrected chi connectivity index (χ4v) is 6.17. The van der Waals surface area contributed by atoms with Crippen LogP contribution in [0.2, 0.25) is 0 Å². The number of aryl methyl sites for hydroxylation is 2. The fourth-order valence-electron chi connectivity index (χ4n) is 4.80.